The molecule has 0 saturated carbocycles. The molecular formula is C17H21N5O3S. The summed E-state index contributed by atoms with van der Waals surface area (Å²) in [5, 5.41) is 16.2. The van der Waals surface area contributed by atoms with Crippen LogP contribution < -0.4 is 15.4 Å². The van der Waals surface area contributed by atoms with Gasteiger partial charge in [0, 0.05) is 18.8 Å². The van der Waals surface area contributed by atoms with Crippen molar-refractivity contribution in [3.8, 4) is 0 Å². The molecule has 1 saturated heterocycles. The van der Waals surface area contributed by atoms with Gasteiger partial charge in [-0.2, -0.15) is 5.10 Å². The second-order valence-corrected chi connectivity index (χ2v) is 7.94. The summed E-state index contributed by atoms with van der Waals surface area (Å²) >= 11 is 0. The highest BCUT2D eigenvalue weighted by molar-refractivity contribution is 7.89. The summed E-state index contributed by atoms with van der Waals surface area (Å²) in [5.74, 6) is 0.494. The van der Waals surface area contributed by atoms with Gasteiger partial charge in [0.05, 0.1) is 16.5 Å². The minimum Gasteiger partial charge on any atom is -0.354 e. The van der Waals surface area contributed by atoms with Crippen LogP contribution in [0.2, 0.25) is 0 Å². The number of amides is 1. The number of rotatable bonds is 4. The summed E-state index contributed by atoms with van der Waals surface area (Å²) in [6, 6.07) is 9.63. The van der Waals surface area contributed by atoms with Crippen molar-refractivity contribution in [1.29, 1.82) is 0 Å². The Morgan fingerprint density at radius 1 is 1.19 bits per heavy atom. The number of carbonyl (C=O) groups is 1. The van der Waals surface area contributed by atoms with Crippen LogP contribution in [0.25, 0.3) is 0 Å². The topological polar surface area (TPSA) is 118 Å². The van der Waals surface area contributed by atoms with E-state index in [0.717, 1.165) is 30.9 Å². The summed E-state index contributed by atoms with van der Waals surface area (Å²) in [5.41, 5.74) is 1.39. The number of piperidine rings is 1. The zero-order valence-corrected chi connectivity index (χ0v) is 15.2. The van der Waals surface area contributed by atoms with Gasteiger partial charge in [-0.25, -0.2) is 13.6 Å². The summed E-state index contributed by atoms with van der Waals surface area (Å²) in [7, 11) is -3.74. The van der Waals surface area contributed by atoms with Crippen LogP contribution in [-0.4, -0.2) is 37.6 Å². The van der Waals surface area contributed by atoms with Crippen molar-refractivity contribution in [1.82, 2.24) is 10.2 Å². The minimum atomic E-state index is -3.74. The van der Waals surface area contributed by atoms with Crippen LogP contribution in [0.3, 0.4) is 0 Å². The van der Waals surface area contributed by atoms with Crippen LogP contribution in [0.1, 0.15) is 18.5 Å². The number of carbonyl (C=O) groups excluding carboxylic acids is 1. The maximum atomic E-state index is 12.6. The van der Waals surface area contributed by atoms with Crippen LogP contribution >= 0.6 is 0 Å². The van der Waals surface area contributed by atoms with Crippen molar-refractivity contribution < 1.29 is 13.2 Å². The van der Waals surface area contributed by atoms with Crippen LogP contribution in [0.15, 0.2) is 41.3 Å². The zero-order valence-electron chi connectivity index (χ0n) is 14.4. The lowest BCUT2D eigenvalue weighted by Crippen LogP contribution is -2.41. The largest absolute Gasteiger partial charge is 0.354 e. The van der Waals surface area contributed by atoms with E-state index < -0.39 is 10.0 Å². The van der Waals surface area contributed by atoms with Crippen LogP contribution in [-0.2, 0) is 14.8 Å². The number of nitrogens with one attached hydrogen (secondary N) is 1. The molecule has 8 nitrogen and oxygen atoms in total. The molecule has 0 radical (unpaired) electrons. The molecule has 1 fully saturated rings. The van der Waals surface area contributed by atoms with E-state index in [1.807, 2.05) is 19.1 Å². The zero-order chi connectivity index (χ0) is 18.7. The lowest BCUT2D eigenvalue weighted by molar-refractivity contribution is -0.120. The van der Waals surface area contributed by atoms with Gasteiger partial charge in [-0.1, -0.05) is 0 Å². The molecule has 1 aliphatic rings. The average molecular weight is 375 g/mol. The number of nitrogens with zero attached hydrogens (tertiary/aromatic N) is 3. The summed E-state index contributed by atoms with van der Waals surface area (Å²) in [6.07, 6.45) is 1.68. The van der Waals surface area contributed by atoms with Crippen LogP contribution in [0, 0.1) is 12.8 Å². The van der Waals surface area contributed by atoms with Gasteiger partial charge < -0.3 is 10.2 Å². The van der Waals surface area contributed by atoms with E-state index in [2.05, 4.69) is 20.4 Å². The van der Waals surface area contributed by atoms with Gasteiger partial charge in [-0.05, 0) is 56.2 Å². The Bertz CT molecular complexity index is 882. The smallest absolute Gasteiger partial charge is 0.238 e. The molecule has 1 aromatic heterocycles. The number of benzene rings is 1. The molecule has 2 heterocycles. The number of sulfonamides is 1. The molecule has 3 rings (SSSR count). The second-order valence-electron chi connectivity index (χ2n) is 6.38. The average Bonchev–Trinajstić information content (AvgIpc) is 2.62. The molecule has 0 spiro atoms. The highest BCUT2D eigenvalue weighted by Crippen LogP contribution is 2.23. The first kappa shape index (κ1) is 18.3. The molecule has 1 aromatic carbocycles. The van der Waals surface area contributed by atoms with Gasteiger partial charge in [-0.3, -0.25) is 4.79 Å². The molecule has 138 valence electrons. The minimum absolute atomic E-state index is 0.0114. The third kappa shape index (κ3) is 4.36. The number of hydrogen-bond acceptors (Lipinski definition) is 6. The fourth-order valence-corrected chi connectivity index (χ4v) is 3.45. The maximum absolute atomic E-state index is 12.6. The van der Waals surface area contributed by atoms with E-state index >= 15 is 0 Å². The van der Waals surface area contributed by atoms with Crippen molar-refractivity contribution in [2.75, 3.05) is 23.3 Å². The Balaban J connectivity index is 1.65. The van der Waals surface area contributed by atoms with Gasteiger partial charge in [0.2, 0.25) is 15.9 Å². The number of hydrogen-bond donors (Lipinski definition) is 2. The summed E-state index contributed by atoms with van der Waals surface area (Å²) < 4.78 is 22.6. The SMILES string of the molecule is Cc1ccc(N2CCCC(C(=O)Nc3ccc(S(N)(=O)=O)cc3)C2)nn1. The second kappa shape index (κ2) is 7.38. The Hall–Kier alpha value is -2.52. The van der Waals surface area contributed by atoms with Crippen molar-refractivity contribution in [2.24, 2.45) is 11.1 Å². The van der Waals surface area contributed by atoms with Crippen LogP contribution in [0.4, 0.5) is 11.5 Å². The van der Waals surface area contributed by atoms with Gasteiger partial charge >= 0.3 is 0 Å². The van der Waals surface area contributed by atoms with E-state index in [-0.39, 0.29) is 16.7 Å². The predicted octanol–water partition coefficient (Wildman–Crippen LogP) is 1.29. The van der Waals surface area contributed by atoms with Crippen LogP contribution in [0.5, 0.6) is 0 Å². The monoisotopic (exact) mass is 375 g/mol. The number of anilines is 2. The van der Waals surface area contributed by atoms with Crippen molar-refractivity contribution >= 4 is 27.4 Å². The first-order valence-corrected chi connectivity index (χ1v) is 9.86. The molecule has 2 aromatic rings. The Morgan fingerprint density at radius 2 is 1.92 bits per heavy atom. The normalized spacial score (nSPS) is 17.8. The van der Waals surface area contributed by atoms with Gasteiger partial charge in [0.1, 0.15) is 0 Å². The Labute approximate surface area is 152 Å². The summed E-state index contributed by atoms with van der Waals surface area (Å²) in [6.45, 7) is 3.29. The molecule has 26 heavy (non-hydrogen) atoms. The third-order valence-corrected chi connectivity index (χ3v) is 5.28. The molecule has 1 atom stereocenters. The van der Waals surface area contributed by atoms with E-state index in [9.17, 15) is 13.2 Å². The molecule has 1 aliphatic heterocycles. The standard InChI is InChI=1S/C17H21N5O3S/c1-12-4-9-16(21-20-12)22-10-2-3-13(11-22)17(23)19-14-5-7-15(8-6-14)26(18,24)25/h4-9,13H,2-3,10-11H2,1H3,(H,19,23)(H2,18,24,25). The molecule has 1 amide bonds. The summed E-state index contributed by atoms with van der Waals surface area (Å²) in [4.78, 5) is 14.6. The van der Waals surface area contributed by atoms with E-state index in [4.69, 9.17) is 5.14 Å². The van der Waals surface area contributed by atoms with Crippen molar-refractivity contribution in [3.05, 3.63) is 42.1 Å². The van der Waals surface area contributed by atoms with E-state index in [0.29, 0.717) is 12.2 Å². The van der Waals surface area contributed by atoms with E-state index in [1.165, 1.54) is 24.3 Å². The Kier molecular flexibility index (Phi) is 5.19. The number of primary sulfonamides is 1. The van der Waals surface area contributed by atoms with Gasteiger partial charge in [0.15, 0.2) is 5.82 Å². The Morgan fingerprint density at radius 3 is 2.54 bits per heavy atom. The molecule has 3 N–H and O–H groups in total. The highest BCUT2D eigenvalue weighted by atomic mass is 32.2. The molecule has 0 aliphatic carbocycles. The first-order chi connectivity index (χ1) is 12.3. The van der Waals surface area contributed by atoms with Crippen molar-refractivity contribution in [3.63, 3.8) is 0 Å². The predicted molar refractivity (Wildman–Crippen MR) is 98.2 cm³/mol. The van der Waals surface area contributed by atoms with E-state index in [1.54, 1.807) is 0 Å². The third-order valence-electron chi connectivity index (χ3n) is 4.35. The first-order valence-electron chi connectivity index (χ1n) is 8.32. The number of aryl methyl sites for hydroxylation is 1. The maximum Gasteiger partial charge on any atom is 0.238 e. The molecule has 1 unspecified atom stereocenters. The molecule has 0 bridgehead atoms. The fourth-order valence-electron chi connectivity index (χ4n) is 2.93. The lowest BCUT2D eigenvalue weighted by Gasteiger charge is -2.32. The van der Waals surface area contributed by atoms with Gasteiger partial charge in [-0.15, -0.1) is 5.10 Å². The quantitative estimate of drug-likeness (QED) is 0.831. The van der Waals surface area contributed by atoms with Crippen molar-refractivity contribution in [2.45, 2.75) is 24.7 Å². The molecule has 9 heteroatoms. The number of nitrogens with two attached hydrogens (primary N) is 1. The number of aromatic nitrogens is 2. The fraction of sp³-hybridized carbons (Fsp3) is 0.353. The highest BCUT2D eigenvalue weighted by Gasteiger charge is 2.26. The molecular weight excluding hydrogens is 354 g/mol. The lowest BCUT2D eigenvalue weighted by atomic mass is 9.97. The van der Waals surface area contributed by atoms with Gasteiger partial charge in [0.25, 0.3) is 0 Å².